The van der Waals surface area contributed by atoms with Gasteiger partial charge in [-0.05, 0) is 37.0 Å². The van der Waals surface area contributed by atoms with Gasteiger partial charge >= 0.3 is 6.18 Å². The lowest BCUT2D eigenvalue weighted by molar-refractivity contribution is -0.137. The number of rotatable bonds is 4. The van der Waals surface area contributed by atoms with Crippen LogP contribution >= 0.6 is 0 Å². The number of aliphatic hydroxyl groups is 1. The Labute approximate surface area is 143 Å². The molecule has 2 atom stereocenters. The van der Waals surface area contributed by atoms with E-state index < -0.39 is 17.8 Å². The average Bonchev–Trinajstić information content (AvgIpc) is 3.19. The second-order valence-electron chi connectivity index (χ2n) is 6.95. The Morgan fingerprint density at radius 1 is 1.28 bits per heavy atom. The molecule has 1 aromatic heterocycles. The number of alkyl halides is 3. The molecule has 7 heteroatoms. The van der Waals surface area contributed by atoms with Gasteiger partial charge in [-0.2, -0.15) is 13.2 Å². The first-order valence-electron chi connectivity index (χ1n) is 8.44. The van der Waals surface area contributed by atoms with Crippen molar-refractivity contribution in [2.75, 3.05) is 6.54 Å². The van der Waals surface area contributed by atoms with E-state index in [1.165, 1.54) is 12.1 Å². The van der Waals surface area contributed by atoms with Crippen molar-refractivity contribution in [1.82, 2.24) is 10.1 Å². The van der Waals surface area contributed by atoms with Crippen LogP contribution in [-0.4, -0.2) is 27.8 Å². The summed E-state index contributed by atoms with van der Waals surface area (Å²) in [4.78, 5) is 2.01. The maximum absolute atomic E-state index is 13.0. The van der Waals surface area contributed by atoms with Gasteiger partial charge in [0.15, 0.2) is 0 Å². The van der Waals surface area contributed by atoms with E-state index in [1.54, 1.807) is 12.3 Å². The van der Waals surface area contributed by atoms with E-state index in [0.29, 0.717) is 31.0 Å². The van der Waals surface area contributed by atoms with Crippen LogP contribution in [0.1, 0.15) is 53.7 Å². The predicted octanol–water partition coefficient (Wildman–Crippen LogP) is 3.88. The van der Waals surface area contributed by atoms with Crippen LogP contribution in [0.25, 0.3) is 0 Å². The van der Waals surface area contributed by atoms with E-state index in [9.17, 15) is 18.3 Å². The van der Waals surface area contributed by atoms with Crippen LogP contribution < -0.4 is 0 Å². The molecule has 0 bridgehead atoms. The number of likely N-dealkylation sites (tertiary alicyclic amines) is 1. The predicted molar refractivity (Wildman–Crippen MR) is 83.7 cm³/mol. The monoisotopic (exact) mass is 352 g/mol. The van der Waals surface area contributed by atoms with Gasteiger partial charge in [0.1, 0.15) is 5.76 Å². The molecule has 4 nitrogen and oxygen atoms in total. The van der Waals surface area contributed by atoms with Crippen LogP contribution in [0.15, 0.2) is 35.0 Å². The van der Waals surface area contributed by atoms with Crippen molar-refractivity contribution in [2.24, 2.45) is 0 Å². The molecule has 1 aliphatic carbocycles. The average molecular weight is 352 g/mol. The highest BCUT2D eigenvalue weighted by atomic mass is 19.4. The molecule has 4 rings (SSSR count). The molecule has 0 unspecified atom stereocenters. The number of aliphatic hydroxyl groups excluding tert-OH is 1. The molecule has 2 heterocycles. The van der Waals surface area contributed by atoms with Crippen molar-refractivity contribution in [3.63, 3.8) is 0 Å². The third-order valence-corrected chi connectivity index (χ3v) is 4.98. The summed E-state index contributed by atoms with van der Waals surface area (Å²) in [7, 11) is 0. The number of hydrogen-bond acceptors (Lipinski definition) is 4. The van der Waals surface area contributed by atoms with Gasteiger partial charge < -0.3 is 9.63 Å². The Morgan fingerprint density at radius 3 is 2.80 bits per heavy atom. The largest absolute Gasteiger partial charge is 0.416 e. The first-order chi connectivity index (χ1) is 11.9. The summed E-state index contributed by atoms with van der Waals surface area (Å²) in [6.07, 6.45) is -0.647. The van der Waals surface area contributed by atoms with E-state index in [4.69, 9.17) is 4.52 Å². The van der Waals surface area contributed by atoms with Gasteiger partial charge in [0.05, 0.1) is 17.9 Å². The number of halogens is 3. The third kappa shape index (κ3) is 3.43. The quantitative estimate of drug-likeness (QED) is 0.907. The number of β-amino-alcohol motifs (C(OH)–C–C–N with tert-alkyl or cyclic N) is 1. The highest BCUT2D eigenvalue weighted by Crippen LogP contribution is 2.43. The summed E-state index contributed by atoms with van der Waals surface area (Å²) in [6, 6.07) is 5.13. The smallest absolute Gasteiger partial charge is 0.392 e. The van der Waals surface area contributed by atoms with Crippen molar-refractivity contribution in [3.05, 3.63) is 52.9 Å². The first kappa shape index (κ1) is 16.6. The van der Waals surface area contributed by atoms with Crippen molar-refractivity contribution >= 4 is 0 Å². The highest BCUT2D eigenvalue weighted by molar-refractivity contribution is 5.29. The Bertz CT molecular complexity index is 755. The lowest BCUT2D eigenvalue weighted by Gasteiger charge is -2.24. The normalized spacial score (nSPS) is 24.8. The minimum Gasteiger partial charge on any atom is -0.392 e. The first-order valence-corrected chi connectivity index (χ1v) is 8.44. The van der Waals surface area contributed by atoms with Gasteiger partial charge in [-0.15, -0.1) is 0 Å². The number of hydrogen-bond donors (Lipinski definition) is 1. The lowest BCUT2D eigenvalue weighted by Crippen LogP contribution is -2.24. The van der Waals surface area contributed by atoms with Crippen molar-refractivity contribution in [3.8, 4) is 0 Å². The fourth-order valence-corrected chi connectivity index (χ4v) is 3.61. The molecule has 1 N–H and O–H groups in total. The summed E-state index contributed by atoms with van der Waals surface area (Å²) in [5, 5.41) is 14.0. The van der Waals surface area contributed by atoms with Gasteiger partial charge in [-0.3, -0.25) is 4.90 Å². The molecule has 1 aromatic carbocycles. The van der Waals surface area contributed by atoms with Gasteiger partial charge in [0.25, 0.3) is 0 Å². The molecule has 0 spiro atoms. The Kier molecular flexibility index (Phi) is 4.08. The molecule has 2 aliphatic rings. The topological polar surface area (TPSA) is 49.5 Å². The molecule has 134 valence electrons. The van der Waals surface area contributed by atoms with Gasteiger partial charge in [0.2, 0.25) is 0 Å². The van der Waals surface area contributed by atoms with Crippen molar-refractivity contribution in [2.45, 2.75) is 50.0 Å². The summed E-state index contributed by atoms with van der Waals surface area (Å²) in [5.41, 5.74) is 0.888. The Morgan fingerprint density at radius 2 is 2.08 bits per heavy atom. The van der Waals surface area contributed by atoms with Gasteiger partial charge in [-0.1, -0.05) is 17.3 Å². The number of aromatic nitrogens is 1. The van der Waals surface area contributed by atoms with Crippen LogP contribution in [-0.2, 0) is 12.7 Å². The molecule has 25 heavy (non-hydrogen) atoms. The van der Waals surface area contributed by atoms with E-state index in [0.717, 1.165) is 30.2 Å². The summed E-state index contributed by atoms with van der Waals surface area (Å²) in [5.74, 6) is 1.29. The summed E-state index contributed by atoms with van der Waals surface area (Å²) >= 11 is 0. The van der Waals surface area contributed by atoms with Crippen molar-refractivity contribution < 1.29 is 22.8 Å². The van der Waals surface area contributed by atoms with Crippen LogP contribution in [0, 0.1) is 0 Å². The van der Waals surface area contributed by atoms with Crippen LogP contribution in [0.2, 0.25) is 0 Å². The Hall–Kier alpha value is -1.86. The van der Waals surface area contributed by atoms with Crippen LogP contribution in [0.5, 0.6) is 0 Å². The molecule has 1 aliphatic heterocycles. The highest BCUT2D eigenvalue weighted by Gasteiger charge is 2.37. The maximum atomic E-state index is 13.0. The summed E-state index contributed by atoms with van der Waals surface area (Å²) < 4.78 is 44.3. The number of nitrogens with zero attached hydrogens (tertiary/aromatic N) is 2. The van der Waals surface area contributed by atoms with Crippen LogP contribution in [0.3, 0.4) is 0 Å². The van der Waals surface area contributed by atoms with Crippen molar-refractivity contribution in [1.29, 1.82) is 0 Å². The standard InChI is InChI=1S/C18H19F3N2O2/c19-18(20,21)14-3-1-2-12(6-14)16-7-15(24)10-23(16)9-13-8-22-25-17(13)11-4-5-11/h1-3,6,8,11,15-16,24H,4-5,7,9-10H2/t15-,16+/m0/s1. The SMILES string of the molecule is O[C@H]1C[C@H](c2cccc(C(F)(F)F)c2)N(Cc2cnoc2C2CC2)C1. The number of benzene rings is 1. The van der Waals surface area contributed by atoms with Crippen LogP contribution in [0.4, 0.5) is 13.2 Å². The molecular formula is C18H19F3N2O2. The zero-order valence-electron chi connectivity index (χ0n) is 13.5. The van der Waals surface area contributed by atoms with Gasteiger partial charge in [0, 0.05) is 30.6 Å². The maximum Gasteiger partial charge on any atom is 0.416 e. The molecule has 0 radical (unpaired) electrons. The zero-order chi connectivity index (χ0) is 17.6. The van der Waals surface area contributed by atoms with Gasteiger partial charge in [-0.25, -0.2) is 0 Å². The second-order valence-corrected chi connectivity index (χ2v) is 6.95. The van der Waals surface area contributed by atoms with E-state index >= 15 is 0 Å². The molecule has 0 amide bonds. The third-order valence-electron chi connectivity index (χ3n) is 4.98. The molecular weight excluding hydrogens is 333 g/mol. The molecule has 2 fully saturated rings. The second kappa shape index (κ2) is 6.14. The van der Waals surface area contributed by atoms with E-state index in [2.05, 4.69) is 5.16 Å². The molecule has 1 saturated carbocycles. The van der Waals surface area contributed by atoms with E-state index in [1.807, 2.05) is 4.90 Å². The summed E-state index contributed by atoms with van der Waals surface area (Å²) in [6.45, 7) is 0.948. The molecule has 2 aromatic rings. The lowest BCUT2D eigenvalue weighted by atomic mass is 10.0. The van der Waals surface area contributed by atoms with E-state index in [-0.39, 0.29) is 6.04 Å². The fraction of sp³-hybridized carbons (Fsp3) is 0.500. The Balaban J connectivity index is 1.58. The fourth-order valence-electron chi connectivity index (χ4n) is 3.61. The minimum absolute atomic E-state index is 0.251. The zero-order valence-corrected chi connectivity index (χ0v) is 13.5. The molecule has 1 saturated heterocycles. The minimum atomic E-state index is -4.37.